The fourth-order valence-electron chi connectivity index (χ4n) is 1.62. The van der Waals surface area contributed by atoms with Crippen molar-refractivity contribution in [2.75, 3.05) is 6.54 Å². The summed E-state index contributed by atoms with van der Waals surface area (Å²) in [7, 11) is 0. The Labute approximate surface area is 105 Å². The van der Waals surface area contributed by atoms with Gasteiger partial charge in [0.2, 0.25) is 0 Å². The van der Waals surface area contributed by atoms with Gasteiger partial charge in [0.25, 0.3) is 0 Å². The molecule has 96 valence electrons. The molecule has 1 aromatic carbocycles. The molecule has 17 heavy (non-hydrogen) atoms. The number of hydrogen-bond acceptors (Lipinski definition) is 2. The lowest BCUT2D eigenvalue weighted by Crippen LogP contribution is -2.42. The Morgan fingerprint density at radius 2 is 1.94 bits per heavy atom. The van der Waals surface area contributed by atoms with Gasteiger partial charge < -0.3 is 10.4 Å². The van der Waals surface area contributed by atoms with Crippen molar-refractivity contribution < 1.29 is 5.11 Å². The monoisotopic (exact) mass is 235 g/mol. The van der Waals surface area contributed by atoms with Crippen LogP contribution in [-0.4, -0.2) is 17.3 Å². The van der Waals surface area contributed by atoms with Crippen LogP contribution in [0.3, 0.4) is 0 Å². The zero-order valence-electron chi connectivity index (χ0n) is 11.6. The molecule has 0 aliphatic heterocycles. The highest BCUT2D eigenvalue weighted by molar-refractivity contribution is 5.24. The maximum Gasteiger partial charge on any atom is 0.0766 e. The first-order valence-corrected chi connectivity index (χ1v) is 6.35. The van der Waals surface area contributed by atoms with E-state index in [2.05, 4.69) is 43.4 Å². The van der Waals surface area contributed by atoms with Crippen molar-refractivity contribution in [3.8, 4) is 0 Å². The van der Waals surface area contributed by atoms with E-state index < -0.39 is 5.60 Å². The van der Waals surface area contributed by atoms with Crippen LogP contribution in [0.15, 0.2) is 24.3 Å². The zero-order chi connectivity index (χ0) is 13.1. The molecule has 0 bridgehead atoms. The predicted molar refractivity (Wildman–Crippen MR) is 73.1 cm³/mol. The molecule has 2 nitrogen and oxygen atoms in total. The van der Waals surface area contributed by atoms with E-state index in [0.29, 0.717) is 6.54 Å². The highest BCUT2D eigenvalue weighted by Gasteiger charge is 2.25. The largest absolute Gasteiger partial charge is 0.389 e. The van der Waals surface area contributed by atoms with Crippen molar-refractivity contribution in [1.29, 1.82) is 0 Å². The van der Waals surface area contributed by atoms with Crippen molar-refractivity contribution in [2.24, 2.45) is 5.92 Å². The maximum absolute atomic E-state index is 10.2. The lowest BCUT2D eigenvalue weighted by atomic mass is 9.92. The van der Waals surface area contributed by atoms with Crippen LogP contribution in [0.2, 0.25) is 0 Å². The van der Waals surface area contributed by atoms with Gasteiger partial charge in [0.1, 0.15) is 0 Å². The summed E-state index contributed by atoms with van der Waals surface area (Å²) in [5.74, 6) is 0.250. The smallest absolute Gasteiger partial charge is 0.0766 e. The first-order valence-electron chi connectivity index (χ1n) is 6.35. The molecule has 0 aromatic heterocycles. The van der Waals surface area contributed by atoms with E-state index in [1.54, 1.807) is 0 Å². The molecule has 0 spiro atoms. The second kappa shape index (κ2) is 5.65. The minimum absolute atomic E-state index is 0.250. The summed E-state index contributed by atoms with van der Waals surface area (Å²) in [6, 6.07) is 8.74. The van der Waals surface area contributed by atoms with E-state index in [-0.39, 0.29) is 12.0 Å². The Morgan fingerprint density at radius 1 is 1.29 bits per heavy atom. The highest BCUT2D eigenvalue weighted by atomic mass is 16.3. The maximum atomic E-state index is 10.2. The summed E-state index contributed by atoms with van der Waals surface area (Å²) in [6.07, 6.45) is 0. The van der Waals surface area contributed by atoms with Gasteiger partial charge in [0.05, 0.1) is 5.60 Å². The van der Waals surface area contributed by atoms with Crippen molar-refractivity contribution in [2.45, 2.75) is 46.3 Å². The molecule has 0 radical (unpaired) electrons. The highest BCUT2D eigenvalue weighted by Crippen LogP contribution is 2.18. The quantitative estimate of drug-likeness (QED) is 0.822. The summed E-state index contributed by atoms with van der Waals surface area (Å²) in [6.45, 7) is 10.8. The second-order valence-corrected chi connectivity index (χ2v) is 5.53. The molecular weight excluding hydrogens is 210 g/mol. The van der Waals surface area contributed by atoms with Crippen molar-refractivity contribution in [3.63, 3.8) is 0 Å². The average Bonchev–Trinajstić information content (AvgIpc) is 2.25. The average molecular weight is 235 g/mol. The Morgan fingerprint density at radius 3 is 2.47 bits per heavy atom. The number of rotatable bonds is 5. The fraction of sp³-hybridized carbons (Fsp3) is 0.600. The summed E-state index contributed by atoms with van der Waals surface area (Å²) in [5, 5.41) is 13.6. The van der Waals surface area contributed by atoms with Crippen LogP contribution in [0, 0.1) is 12.8 Å². The summed E-state index contributed by atoms with van der Waals surface area (Å²) >= 11 is 0. The van der Waals surface area contributed by atoms with Crippen LogP contribution >= 0.6 is 0 Å². The third-order valence-electron chi connectivity index (χ3n) is 3.55. The van der Waals surface area contributed by atoms with E-state index in [0.717, 1.165) is 0 Å². The standard InChI is InChI=1S/C15H25NO/c1-11(2)15(5,17)10-16-13(4)14-8-6-7-12(3)9-14/h6-9,11,13,16-17H,10H2,1-5H3/t13-,15?/m1/s1. The molecular formula is C15H25NO. The van der Waals surface area contributed by atoms with Gasteiger partial charge in [-0.05, 0) is 32.3 Å². The van der Waals surface area contributed by atoms with Crippen LogP contribution in [-0.2, 0) is 0 Å². The molecule has 0 saturated heterocycles. The fourth-order valence-corrected chi connectivity index (χ4v) is 1.62. The molecule has 2 atom stereocenters. The lowest BCUT2D eigenvalue weighted by molar-refractivity contribution is 0.0122. The van der Waals surface area contributed by atoms with Crippen LogP contribution in [0.5, 0.6) is 0 Å². The summed E-state index contributed by atoms with van der Waals surface area (Å²) in [4.78, 5) is 0. The molecule has 0 heterocycles. The zero-order valence-corrected chi connectivity index (χ0v) is 11.6. The van der Waals surface area contributed by atoms with Crippen molar-refractivity contribution in [1.82, 2.24) is 5.32 Å². The number of aryl methyl sites for hydroxylation is 1. The van der Waals surface area contributed by atoms with Gasteiger partial charge in [0, 0.05) is 12.6 Å². The van der Waals surface area contributed by atoms with Gasteiger partial charge in [-0.25, -0.2) is 0 Å². The number of nitrogens with one attached hydrogen (secondary N) is 1. The van der Waals surface area contributed by atoms with Gasteiger partial charge in [-0.2, -0.15) is 0 Å². The Kier molecular flexibility index (Phi) is 4.72. The van der Waals surface area contributed by atoms with E-state index in [4.69, 9.17) is 0 Å². The topological polar surface area (TPSA) is 32.3 Å². The van der Waals surface area contributed by atoms with Crippen LogP contribution < -0.4 is 5.32 Å². The SMILES string of the molecule is Cc1cccc([C@@H](C)NCC(C)(O)C(C)C)c1. The van der Waals surface area contributed by atoms with E-state index >= 15 is 0 Å². The number of hydrogen-bond donors (Lipinski definition) is 2. The predicted octanol–water partition coefficient (Wildman–Crippen LogP) is 3.05. The van der Waals surface area contributed by atoms with E-state index in [9.17, 15) is 5.11 Å². The molecule has 0 saturated carbocycles. The van der Waals surface area contributed by atoms with E-state index in [1.165, 1.54) is 11.1 Å². The van der Waals surface area contributed by atoms with Gasteiger partial charge in [-0.3, -0.25) is 0 Å². The molecule has 0 aliphatic rings. The Hall–Kier alpha value is -0.860. The van der Waals surface area contributed by atoms with Crippen LogP contribution in [0.1, 0.15) is 44.9 Å². The Bertz CT molecular complexity index is 358. The minimum atomic E-state index is -0.655. The molecule has 1 rings (SSSR count). The third kappa shape index (κ3) is 4.14. The van der Waals surface area contributed by atoms with Crippen molar-refractivity contribution in [3.05, 3.63) is 35.4 Å². The van der Waals surface area contributed by atoms with Gasteiger partial charge >= 0.3 is 0 Å². The van der Waals surface area contributed by atoms with Crippen LogP contribution in [0.4, 0.5) is 0 Å². The van der Waals surface area contributed by atoms with Gasteiger partial charge in [-0.1, -0.05) is 43.7 Å². The molecule has 1 aromatic rings. The van der Waals surface area contributed by atoms with Crippen molar-refractivity contribution >= 4 is 0 Å². The Balaban J connectivity index is 2.59. The number of benzene rings is 1. The molecule has 0 aliphatic carbocycles. The van der Waals surface area contributed by atoms with Gasteiger partial charge in [0.15, 0.2) is 0 Å². The molecule has 0 amide bonds. The molecule has 2 heteroatoms. The third-order valence-corrected chi connectivity index (χ3v) is 3.55. The second-order valence-electron chi connectivity index (χ2n) is 5.53. The van der Waals surface area contributed by atoms with Gasteiger partial charge in [-0.15, -0.1) is 0 Å². The summed E-state index contributed by atoms with van der Waals surface area (Å²) in [5.41, 5.74) is 1.88. The lowest BCUT2D eigenvalue weighted by Gasteiger charge is -2.29. The summed E-state index contributed by atoms with van der Waals surface area (Å²) < 4.78 is 0. The minimum Gasteiger partial charge on any atom is -0.389 e. The normalized spacial score (nSPS) is 16.9. The number of aliphatic hydroxyl groups is 1. The first-order chi connectivity index (χ1) is 7.83. The molecule has 2 N–H and O–H groups in total. The molecule has 1 unspecified atom stereocenters. The van der Waals surface area contributed by atoms with Crippen LogP contribution in [0.25, 0.3) is 0 Å². The first kappa shape index (κ1) is 14.2. The molecule has 0 fully saturated rings. The van der Waals surface area contributed by atoms with E-state index in [1.807, 2.05) is 20.8 Å².